The minimum atomic E-state index is -0.232. The van der Waals surface area contributed by atoms with Gasteiger partial charge in [-0.25, -0.2) is 0 Å². The highest BCUT2D eigenvalue weighted by molar-refractivity contribution is 5.86. The molecule has 3 aromatic heterocycles. The van der Waals surface area contributed by atoms with E-state index in [0.717, 1.165) is 59.8 Å². The van der Waals surface area contributed by atoms with Crippen molar-refractivity contribution < 1.29 is 9.18 Å². The number of nitrogens with zero attached hydrogens (tertiary/aromatic N) is 4. The van der Waals surface area contributed by atoms with Gasteiger partial charge in [-0.15, -0.1) is 0 Å². The first kappa shape index (κ1) is 19.7. The summed E-state index contributed by atoms with van der Waals surface area (Å²) in [6.45, 7) is -0.232. The monoisotopic (exact) mass is 394 g/mol. The van der Waals surface area contributed by atoms with Gasteiger partial charge in [-0.2, -0.15) is 5.10 Å². The van der Waals surface area contributed by atoms with E-state index < -0.39 is 0 Å². The van der Waals surface area contributed by atoms with Crippen LogP contribution >= 0.6 is 0 Å². The molecule has 0 spiro atoms. The number of carbonyl (C=O) groups excluding carboxylic acids is 1. The minimum Gasteiger partial charge on any atom is -0.299 e. The Kier molecular flexibility index (Phi) is 5.97. The number of rotatable bonds is 7. The van der Waals surface area contributed by atoms with Crippen LogP contribution in [0.15, 0.2) is 36.9 Å². The lowest BCUT2D eigenvalue weighted by atomic mass is 9.77. The molecule has 0 atom stereocenters. The van der Waals surface area contributed by atoms with Crippen molar-refractivity contribution in [3.8, 4) is 11.1 Å². The Balaban J connectivity index is 1.43. The average molecular weight is 394 g/mol. The van der Waals surface area contributed by atoms with Gasteiger partial charge in [0, 0.05) is 54.0 Å². The summed E-state index contributed by atoms with van der Waals surface area (Å²) < 4.78 is 14.1. The highest BCUT2D eigenvalue weighted by atomic mass is 19.1. The molecule has 1 saturated carbocycles. The summed E-state index contributed by atoms with van der Waals surface area (Å²) in [7, 11) is 1.89. The zero-order valence-electron chi connectivity index (χ0n) is 16.9. The topological polar surface area (TPSA) is 60.7 Å². The largest absolute Gasteiger partial charge is 0.299 e. The van der Waals surface area contributed by atoms with E-state index in [-0.39, 0.29) is 18.4 Å². The molecule has 0 unspecified atom stereocenters. The van der Waals surface area contributed by atoms with Crippen LogP contribution in [-0.4, -0.2) is 32.2 Å². The van der Waals surface area contributed by atoms with E-state index in [1.54, 1.807) is 10.9 Å². The van der Waals surface area contributed by atoms with Gasteiger partial charge < -0.3 is 0 Å². The van der Waals surface area contributed by atoms with Gasteiger partial charge in [0.1, 0.15) is 5.78 Å². The number of aromatic nitrogens is 4. The van der Waals surface area contributed by atoms with Crippen LogP contribution in [-0.2, 0) is 18.3 Å². The van der Waals surface area contributed by atoms with Gasteiger partial charge in [0.2, 0.25) is 0 Å². The van der Waals surface area contributed by atoms with Crippen LogP contribution in [0.25, 0.3) is 22.0 Å². The molecule has 4 rings (SSSR count). The number of hydrogen-bond acceptors (Lipinski definition) is 4. The number of aryl methyl sites for hydroxylation is 1. The molecule has 3 heterocycles. The predicted octanol–water partition coefficient (Wildman–Crippen LogP) is 4.70. The number of Topliss-reactive ketones (excluding diaryl/α,β-unsaturated/α-hetero) is 1. The molecule has 29 heavy (non-hydrogen) atoms. The lowest BCUT2D eigenvalue weighted by Crippen LogP contribution is -2.23. The first-order valence-electron chi connectivity index (χ1n) is 10.4. The lowest BCUT2D eigenvalue weighted by Gasteiger charge is -2.27. The van der Waals surface area contributed by atoms with Gasteiger partial charge in [-0.1, -0.05) is 0 Å². The molecule has 0 bridgehead atoms. The van der Waals surface area contributed by atoms with Crippen molar-refractivity contribution in [1.82, 2.24) is 19.7 Å². The molecular formula is C23H27FN4O. The number of halogens is 1. The molecule has 0 N–H and O–H groups in total. The standard InChI is InChI=1S/C23H27FN4O/c1-28-15-20(13-27-28)19-9-18-10-21(25-14-22(18)26-12-19)11-23(29)17-6-4-16(5-7-17)3-2-8-24/h9-10,12-17H,2-8,11H2,1H3. The summed E-state index contributed by atoms with van der Waals surface area (Å²) in [4.78, 5) is 21.7. The van der Waals surface area contributed by atoms with Crippen molar-refractivity contribution in [1.29, 1.82) is 0 Å². The SMILES string of the molecule is Cn1cc(-c2cnc3cnc(CC(=O)C4CCC(CCCF)CC4)cc3c2)cn1. The molecule has 1 fully saturated rings. The van der Waals surface area contributed by atoms with Gasteiger partial charge in [-0.05, 0) is 56.6 Å². The third-order valence-corrected chi connectivity index (χ3v) is 6.07. The van der Waals surface area contributed by atoms with Gasteiger partial charge in [0.25, 0.3) is 0 Å². The van der Waals surface area contributed by atoms with E-state index in [1.165, 1.54) is 0 Å². The smallest absolute Gasteiger partial charge is 0.141 e. The molecule has 0 aromatic carbocycles. The first-order chi connectivity index (χ1) is 14.1. The maximum Gasteiger partial charge on any atom is 0.141 e. The number of carbonyl (C=O) groups is 1. The zero-order chi connectivity index (χ0) is 20.2. The van der Waals surface area contributed by atoms with E-state index in [1.807, 2.05) is 31.7 Å². The van der Waals surface area contributed by atoms with Crippen LogP contribution in [0.5, 0.6) is 0 Å². The van der Waals surface area contributed by atoms with Gasteiger partial charge in [-0.3, -0.25) is 23.8 Å². The zero-order valence-corrected chi connectivity index (χ0v) is 16.9. The second kappa shape index (κ2) is 8.80. The van der Waals surface area contributed by atoms with Crippen LogP contribution in [0.3, 0.4) is 0 Å². The third kappa shape index (κ3) is 4.69. The average Bonchev–Trinajstić information content (AvgIpc) is 3.18. The Hall–Kier alpha value is -2.63. The summed E-state index contributed by atoms with van der Waals surface area (Å²) in [5.41, 5.74) is 3.64. The van der Waals surface area contributed by atoms with E-state index in [9.17, 15) is 9.18 Å². The molecule has 5 nitrogen and oxygen atoms in total. The van der Waals surface area contributed by atoms with E-state index in [0.29, 0.717) is 18.8 Å². The Labute approximate surface area is 170 Å². The highest BCUT2D eigenvalue weighted by Gasteiger charge is 2.26. The molecule has 152 valence electrons. The van der Waals surface area contributed by atoms with Crippen molar-refractivity contribution in [2.45, 2.75) is 44.9 Å². The summed E-state index contributed by atoms with van der Waals surface area (Å²) in [5, 5.41) is 5.20. The van der Waals surface area contributed by atoms with Crippen LogP contribution < -0.4 is 0 Å². The van der Waals surface area contributed by atoms with Crippen molar-refractivity contribution >= 4 is 16.7 Å². The summed E-state index contributed by atoms with van der Waals surface area (Å²) in [6, 6.07) is 4.05. The summed E-state index contributed by atoms with van der Waals surface area (Å²) >= 11 is 0. The Morgan fingerprint density at radius 3 is 2.66 bits per heavy atom. The number of alkyl halides is 1. The second-order valence-corrected chi connectivity index (χ2v) is 8.19. The molecule has 0 amide bonds. The molecule has 6 heteroatoms. The lowest BCUT2D eigenvalue weighted by molar-refractivity contribution is -0.123. The minimum absolute atomic E-state index is 0.119. The van der Waals surface area contributed by atoms with Crippen molar-refractivity contribution in [3.05, 3.63) is 42.6 Å². The highest BCUT2D eigenvalue weighted by Crippen LogP contribution is 2.32. The Morgan fingerprint density at radius 1 is 1.10 bits per heavy atom. The number of fused-ring (bicyclic) bond motifs is 1. The molecule has 0 radical (unpaired) electrons. The quantitative estimate of drug-likeness (QED) is 0.583. The molecular weight excluding hydrogens is 367 g/mol. The fraction of sp³-hybridized carbons (Fsp3) is 0.478. The number of ketones is 1. The molecule has 0 aliphatic heterocycles. The summed E-state index contributed by atoms with van der Waals surface area (Å²) in [6.07, 6.45) is 13.3. The first-order valence-corrected chi connectivity index (χ1v) is 10.4. The van der Waals surface area contributed by atoms with E-state index >= 15 is 0 Å². The van der Waals surface area contributed by atoms with E-state index in [4.69, 9.17) is 0 Å². The normalized spacial score (nSPS) is 19.5. The second-order valence-electron chi connectivity index (χ2n) is 8.19. The van der Waals surface area contributed by atoms with Crippen molar-refractivity contribution in [2.24, 2.45) is 18.9 Å². The predicted molar refractivity (Wildman–Crippen MR) is 111 cm³/mol. The van der Waals surface area contributed by atoms with E-state index in [2.05, 4.69) is 21.1 Å². The van der Waals surface area contributed by atoms with Crippen LogP contribution in [0.1, 0.15) is 44.2 Å². The van der Waals surface area contributed by atoms with Crippen molar-refractivity contribution in [3.63, 3.8) is 0 Å². The van der Waals surface area contributed by atoms with Crippen LogP contribution in [0.2, 0.25) is 0 Å². The maximum atomic E-state index is 12.8. The van der Waals surface area contributed by atoms with Gasteiger partial charge >= 0.3 is 0 Å². The third-order valence-electron chi connectivity index (χ3n) is 6.07. The number of hydrogen-bond donors (Lipinski definition) is 0. The van der Waals surface area contributed by atoms with Gasteiger partial charge in [0.05, 0.1) is 24.6 Å². The van der Waals surface area contributed by atoms with Crippen molar-refractivity contribution in [2.75, 3.05) is 6.67 Å². The van der Waals surface area contributed by atoms with Crippen LogP contribution in [0.4, 0.5) is 4.39 Å². The molecule has 3 aromatic rings. The molecule has 1 aliphatic rings. The Bertz CT molecular complexity index is 991. The fourth-order valence-electron chi connectivity index (χ4n) is 4.36. The number of pyridine rings is 2. The maximum absolute atomic E-state index is 12.8. The van der Waals surface area contributed by atoms with Crippen LogP contribution in [0, 0.1) is 11.8 Å². The summed E-state index contributed by atoms with van der Waals surface area (Å²) in [5.74, 6) is 0.983. The molecule has 0 saturated heterocycles. The van der Waals surface area contributed by atoms with Gasteiger partial charge in [0.15, 0.2) is 0 Å². The Morgan fingerprint density at radius 2 is 1.93 bits per heavy atom. The fourth-order valence-corrected chi connectivity index (χ4v) is 4.36. The molecule has 1 aliphatic carbocycles.